The van der Waals surface area contributed by atoms with Gasteiger partial charge in [-0.1, -0.05) is 18.2 Å². The molecule has 1 aromatic heterocycles. The zero-order valence-corrected chi connectivity index (χ0v) is 18.9. The van der Waals surface area contributed by atoms with Crippen LogP contribution in [0.4, 0.5) is 5.82 Å². The predicted octanol–water partition coefficient (Wildman–Crippen LogP) is 1.86. The molecule has 0 bridgehead atoms. The highest BCUT2D eigenvalue weighted by Gasteiger charge is 2.38. The van der Waals surface area contributed by atoms with E-state index in [2.05, 4.69) is 14.9 Å². The molecule has 2 atom stereocenters. The van der Waals surface area contributed by atoms with Crippen LogP contribution in [-0.4, -0.2) is 76.0 Å². The number of phenols is 1. The Balaban J connectivity index is 1.51. The van der Waals surface area contributed by atoms with Gasteiger partial charge in [0.25, 0.3) is 0 Å². The first kappa shape index (κ1) is 23.3. The number of nitrogens with zero attached hydrogens (tertiary/aromatic N) is 4. The second kappa shape index (κ2) is 10.4. The third kappa shape index (κ3) is 5.05. The molecule has 1 unspecified atom stereocenters. The molecular weight excluding hydrogens is 434 g/mol. The number of carbonyl (C=O) groups is 2. The lowest BCUT2D eigenvalue weighted by Gasteiger charge is -2.45. The van der Waals surface area contributed by atoms with Crippen LogP contribution in [0.5, 0.6) is 5.75 Å². The number of ether oxygens (including phenoxy) is 1. The summed E-state index contributed by atoms with van der Waals surface area (Å²) in [6.07, 6.45) is 5.49. The topological polar surface area (TPSA) is 122 Å². The van der Waals surface area contributed by atoms with E-state index in [-0.39, 0.29) is 18.3 Å². The van der Waals surface area contributed by atoms with Gasteiger partial charge in [0, 0.05) is 38.2 Å². The summed E-state index contributed by atoms with van der Waals surface area (Å²) in [6.45, 7) is 1.75. The smallest absolute Gasteiger partial charge is 0.247 e. The summed E-state index contributed by atoms with van der Waals surface area (Å²) in [4.78, 5) is 37.2. The first-order valence-electron chi connectivity index (χ1n) is 10.9. The number of benzene rings is 2. The normalized spacial score (nSPS) is 19.0. The SMILES string of the molecule is COC[C@@H]1C(C=O)N(Cc2ccc3c(N)ncnc3c2)CCN1C(=O)/C=C/c1ccc(O)cc1. The molecule has 4 rings (SSSR count). The molecule has 1 fully saturated rings. The van der Waals surface area contributed by atoms with Crippen LogP contribution in [0.1, 0.15) is 11.1 Å². The average Bonchev–Trinajstić information content (AvgIpc) is 2.84. The third-order valence-electron chi connectivity index (χ3n) is 6.03. The molecule has 1 amide bonds. The molecule has 3 aromatic rings. The van der Waals surface area contributed by atoms with Crippen molar-refractivity contribution in [2.24, 2.45) is 0 Å². The number of aldehydes is 1. The molecule has 1 aliphatic rings. The van der Waals surface area contributed by atoms with Crippen molar-refractivity contribution in [1.29, 1.82) is 0 Å². The van der Waals surface area contributed by atoms with Crippen molar-refractivity contribution in [3.05, 3.63) is 66.0 Å². The van der Waals surface area contributed by atoms with E-state index < -0.39 is 12.1 Å². The first-order chi connectivity index (χ1) is 16.5. The first-order valence-corrected chi connectivity index (χ1v) is 10.9. The van der Waals surface area contributed by atoms with E-state index in [1.54, 1.807) is 42.4 Å². The van der Waals surface area contributed by atoms with Crippen LogP contribution < -0.4 is 5.73 Å². The van der Waals surface area contributed by atoms with Gasteiger partial charge in [0.2, 0.25) is 5.91 Å². The lowest BCUT2D eigenvalue weighted by Crippen LogP contribution is -2.62. The Hall–Kier alpha value is -3.82. The number of aromatic nitrogens is 2. The number of rotatable bonds is 7. The fraction of sp³-hybridized carbons (Fsp3) is 0.280. The predicted molar refractivity (Wildman–Crippen MR) is 129 cm³/mol. The number of carbonyl (C=O) groups excluding carboxylic acids is 2. The third-order valence-corrected chi connectivity index (χ3v) is 6.03. The van der Waals surface area contributed by atoms with Gasteiger partial charge in [-0.25, -0.2) is 9.97 Å². The van der Waals surface area contributed by atoms with Crippen LogP contribution in [0, 0.1) is 0 Å². The number of methoxy groups -OCH3 is 1. The van der Waals surface area contributed by atoms with Gasteiger partial charge in [-0.2, -0.15) is 0 Å². The van der Waals surface area contributed by atoms with Gasteiger partial charge in [0.05, 0.1) is 24.2 Å². The highest BCUT2D eigenvalue weighted by molar-refractivity contribution is 5.92. The number of fused-ring (bicyclic) bond motifs is 1. The zero-order chi connectivity index (χ0) is 24.1. The quantitative estimate of drug-likeness (QED) is 0.404. The minimum atomic E-state index is -0.522. The standard InChI is InChI=1S/C25H27N5O4/c1-34-15-23-22(14-31)29(13-18-4-8-20-21(12-18)27-16-28-25(20)26)10-11-30(23)24(33)9-5-17-2-6-19(32)7-3-17/h2-9,12,14,16,22-23,32H,10-11,13,15H2,1H3,(H2,26,27,28)/b9-5+/t22?,23-/m1/s1. The highest BCUT2D eigenvalue weighted by atomic mass is 16.5. The summed E-state index contributed by atoms with van der Waals surface area (Å²) in [5, 5.41) is 10.2. The summed E-state index contributed by atoms with van der Waals surface area (Å²) in [5.74, 6) is 0.394. The molecule has 0 saturated carbocycles. The van der Waals surface area contributed by atoms with E-state index in [9.17, 15) is 14.7 Å². The van der Waals surface area contributed by atoms with Crippen LogP contribution in [0.25, 0.3) is 17.0 Å². The maximum Gasteiger partial charge on any atom is 0.247 e. The Morgan fingerprint density at radius 2 is 2.00 bits per heavy atom. The van der Waals surface area contributed by atoms with E-state index in [4.69, 9.17) is 10.5 Å². The minimum Gasteiger partial charge on any atom is -0.508 e. The molecule has 9 nitrogen and oxygen atoms in total. The zero-order valence-electron chi connectivity index (χ0n) is 18.9. The van der Waals surface area contributed by atoms with Crippen molar-refractivity contribution in [3.63, 3.8) is 0 Å². The monoisotopic (exact) mass is 461 g/mol. The van der Waals surface area contributed by atoms with E-state index in [0.29, 0.717) is 25.5 Å². The van der Waals surface area contributed by atoms with E-state index >= 15 is 0 Å². The second-order valence-corrected chi connectivity index (χ2v) is 8.19. The fourth-order valence-corrected chi connectivity index (χ4v) is 4.28. The lowest BCUT2D eigenvalue weighted by atomic mass is 10.0. The summed E-state index contributed by atoms with van der Waals surface area (Å²) in [7, 11) is 1.56. The van der Waals surface area contributed by atoms with Gasteiger partial charge in [-0.15, -0.1) is 0 Å². The number of phenolic OH excluding ortho intramolecular Hbond substituents is 1. The molecule has 9 heteroatoms. The van der Waals surface area contributed by atoms with Gasteiger partial charge < -0.3 is 25.3 Å². The van der Waals surface area contributed by atoms with Crippen molar-refractivity contribution < 1.29 is 19.4 Å². The van der Waals surface area contributed by atoms with E-state index in [1.165, 1.54) is 12.4 Å². The molecule has 2 heterocycles. The van der Waals surface area contributed by atoms with Crippen molar-refractivity contribution in [2.45, 2.75) is 18.6 Å². The van der Waals surface area contributed by atoms with E-state index in [0.717, 1.165) is 28.3 Å². The molecule has 176 valence electrons. The van der Waals surface area contributed by atoms with Gasteiger partial charge in [0.15, 0.2) is 0 Å². The molecule has 1 saturated heterocycles. The summed E-state index contributed by atoms with van der Waals surface area (Å²) in [6, 6.07) is 11.4. The number of piperazine rings is 1. The Morgan fingerprint density at radius 1 is 1.21 bits per heavy atom. The maximum absolute atomic E-state index is 13.0. The molecule has 1 aliphatic heterocycles. The van der Waals surface area contributed by atoms with Crippen LogP contribution in [0.15, 0.2) is 54.9 Å². The maximum atomic E-state index is 13.0. The Bertz CT molecular complexity index is 1200. The van der Waals surface area contributed by atoms with Crippen LogP contribution in [-0.2, 0) is 20.9 Å². The number of nitrogens with two attached hydrogens (primary N) is 1. The number of nitrogen functional groups attached to an aromatic ring is 1. The summed E-state index contributed by atoms with van der Waals surface area (Å²) in [5.41, 5.74) is 8.45. The highest BCUT2D eigenvalue weighted by Crippen LogP contribution is 2.23. The molecular formula is C25H27N5O4. The molecule has 2 aromatic carbocycles. The number of amides is 1. The van der Waals surface area contributed by atoms with Gasteiger partial charge in [0.1, 0.15) is 24.2 Å². The van der Waals surface area contributed by atoms with Crippen molar-refractivity contribution >= 4 is 35.0 Å². The Morgan fingerprint density at radius 3 is 2.74 bits per heavy atom. The minimum absolute atomic E-state index is 0.163. The number of aromatic hydroxyl groups is 1. The van der Waals surface area contributed by atoms with Gasteiger partial charge >= 0.3 is 0 Å². The molecule has 3 N–H and O–H groups in total. The average molecular weight is 462 g/mol. The van der Waals surface area contributed by atoms with Crippen LogP contribution >= 0.6 is 0 Å². The number of hydrogen-bond donors (Lipinski definition) is 2. The lowest BCUT2D eigenvalue weighted by molar-refractivity contribution is -0.138. The summed E-state index contributed by atoms with van der Waals surface area (Å²) >= 11 is 0. The van der Waals surface area contributed by atoms with Crippen molar-refractivity contribution in [2.75, 3.05) is 32.5 Å². The van der Waals surface area contributed by atoms with Gasteiger partial charge in [-0.05, 0) is 41.5 Å². The number of hydrogen-bond acceptors (Lipinski definition) is 8. The van der Waals surface area contributed by atoms with Crippen molar-refractivity contribution in [3.8, 4) is 5.75 Å². The second-order valence-electron chi connectivity index (χ2n) is 8.19. The molecule has 34 heavy (non-hydrogen) atoms. The largest absolute Gasteiger partial charge is 0.508 e. The molecule has 0 spiro atoms. The van der Waals surface area contributed by atoms with Crippen molar-refractivity contribution in [1.82, 2.24) is 19.8 Å². The van der Waals surface area contributed by atoms with E-state index in [1.807, 2.05) is 18.2 Å². The summed E-state index contributed by atoms with van der Waals surface area (Å²) < 4.78 is 5.38. The Labute approximate surface area is 197 Å². The fourth-order valence-electron chi connectivity index (χ4n) is 4.28. The van der Waals surface area contributed by atoms with Gasteiger partial charge in [-0.3, -0.25) is 9.69 Å². The molecule has 0 radical (unpaired) electrons. The van der Waals surface area contributed by atoms with Crippen LogP contribution in [0.2, 0.25) is 0 Å². The molecule has 0 aliphatic carbocycles. The van der Waals surface area contributed by atoms with Crippen LogP contribution in [0.3, 0.4) is 0 Å². The number of anilines is 1. The Kier molecular flexibility index (Phi) is 7.15.